The highest BCUT2D eigenvalue weighted by atomic mass is 79.9. The van der Waals surface area contributed by atoms with Crippen molar-refractivity contribution in [2.45, 2.75) is 20.1 Å². The third kappa shape index (κ3) is 3.27. The van der Waals surface area contributed by atoms with Crippen LogP contribution in [0.2, 0.25) is 0 Å². The zero-order valence-electron chi connectivity index (χ0n) is 10.1. The standard InChI is InChI=1S/C13H14BrN3O/c1-9-11(6-15)7-16-13(17-9)18-8-10-3-2-4-12(14)5-10/h2-5,7H,6,8,15H2,1H3. The summed E-state index contributed by atoms with van der Waals surface area (Å²) in [5.41, 5.74) is 8.41. The molecule has 0 aliphatic heterocycles. The van der Waals surface area contributed by atoms with Gasteiger partial charge in [-0.25, -0.2) is 9.97 Å². The Morgan fingerprint density at radius 3 is 2.89 bits per heavy atom. The molecular formula is C13H14BrN3O. The number of nitrogens with two attached hydrogens (primary N) is 1. The normalized spacial score (nSPS) is 10.4. The van der Waals surface area contributed by atoms with Crippen LogP contribution in [-0.4, -0.2) is 9.97 Å². The van der Waals surface area contributed by atoms with E-state index in [1.165, 1.54) is 0 Å². The summed E-state index contributed by atoms with van der Waals surface area (Å²) in [5.74, 6) is 0. The SMILES string of the molecule is Cc1nc(OCc2cccc(Br)c2)ncc1CN. The highest BCUT2D eigenvalue weighted by molar-refractivity contribution is 9.10. The number of aryl methyl sites for hydroxylation is 1. The van der Waals surface area contributed by atoms with Gasteiger partial charge in [0.15, 0.2) is 0 Å². The number of aromatic nitrogens is 2. The highest BCUT2D eigenvalue weighted by Gasteiger charge is 2.03. The van der Waals surface area contributed by atoms with Gasteiger partial charge in [-0.15, -0.1) is 0 Å². The minimum Gasteiger partial charge on any atom is -0.459 e. The minimum atomic E-state index is 0.379. The lowest BCUT2D eigenvalue weighted by Gasteiger charge is -2.07. The topological polar surface area (TPSA) is 61.0 Å². The smallest absolute Gasteiger partial charge is 0.316 e. The largest absolute Gasteiger partial charge is 0.459 e. The molecule has 0 radical (unpaired) electrons. The molecule has 0 aliphatic rings. The summed E-state index contributed by atoms with van der Waals surface area (Å²) < 4.78 is 6.57. The molecular weight excluding hydrogens is 294 g/mol. The van der Waals surface area contributed by atoms with Crippen LogP contribution in [0, 0.1) is 6.92 Å². The van der Waals surface area contributed by atoms with E-state index in [1.807, 2.05) is 31.2 Å². The van der Waals surface area contributed by atoms with Gasteiger partial charge in [0.1, 0.15) is 6.61 Å². The Labute approximate surface area is 114 Å². The van der Waals surface area contributed by atoms with Crippen LogP contribution in [0.15, 0.2) is 34.9 Å². The molecule has 1 aromatic carbocycles. The van der Waals surface area contributed by atoms with Crippen molar-refractivity contribution in [1.29, 1.82) is 0 Å². The molecule has 1 heterocycles. The summed E-state index contributed by atoms with van der Waals surface area (Å²) in [7, 11) is 0. The lowest BCUT2D eigenvalue weighted by Crippen LogP contribution is -2.05. The Hall–Kier alpha value is -1.46. The van der Waals surface area contributed by atoms with Gasteiger partial charge in [0.2, 0.25) is 0 Å². The van der Waals surface area contributed by atoms with E-state index in [4.69, 9.17) is 10.5 Å². The maximum atomic E-state index is 5.56. The van der Waals surface area contributed by atoms with Crippen LogP contribution in [-0.2, 0) is 13.2 Å². The first kappa shape index (κ1) is 13.0. The molecule has 0 saturated carbocycles. The lowest BCUT2D eigenvalue weighted by molar-refractivity contribution is 0.279. The van der Waals surface area contributed by atoms with Crippen LogP contribution < -0.4 is 10.5 Å². The van der Waals surface area contributed by atoms with Crippen molar-refractivity contribution in [2.75, 3.05) is 0 Å². The molecule has 5 heteroatoms. The molecule has 0 bridgehead atoms. The first-order valence-electron chi connectivity index (χ1n) is 5.59. The number of halogens is 1. The number of hydrogen-bond donors (Lipinski definition) is 1. The summed E-state index contributed by atoms with van der Waals surface area (Å²) in [5, 5.41) is 0. The van der Waals surface area contributed by atoms with Crippen molar-refractivity contribution >= 4 is 15.9 Å². The summed E-state index contributed by atoms with van der Waals surface area (Å²) in [6.07, 6.45) is 1.71. The fourth-order valence-corrected chi connectivity index (χ4v) is 1.96. The molecule has 2 N–H and O–H groups in total. The Balaban J connectivity index is 2.04. The Bertz CT molecular complexity index is 546. The van der Waals surface area contributed by atoms with Crippen molar-refractivity contribution in [3.63, 3.8) is 0 Å². The molecule has 4 nitrogen and oxygen atoms in total. The zero-order valence-corrected chi connectivity index (χ0v) is 11.6. The van der Waals surface area contributed by atoms with Crippen LogP contribution in [0.4, 0.5) is 0 Å². The monoisotopic (exact) mass is 307 g/mol. The van der Waals surface area contributed by atoms with Crippen molar-refractivity contribution in [2.24, 2.45) is 5.73 Å². The molecule has 0 fully saturated rings. The highest BCUT2D eigenvalue weighted by Crippen LogP contribution is 2.14. The minimum absolute atomic E-state index is 0.379. The third-order valence-corrected chi connectivity index (χ3v) is 3.03. The van der Waals surface area contributed by atoms with Gasteiger partial charge < -0.3 is 10.5 Å². The molecule has 94 valence electrons. The number of nitrogens with zero attached hydrogens (tertiary/aromatic N) is 2. The van der Waals surface area contributed by atoms with E-state index in [0.29, 0.717) is 19.2 Å². The number of benzene rings is 1. The number of ether oxygens (including phenoxy) is 1. The van der Waals surface area contributed by atoms with Gasteiger partial charge in [0, 0.05) is 28.5 Å². The Morgan fingerprint density at radius 1 is 1.39 bits per heavy atom. The van der Waals surface area contributed by atoms with E-state index in [1.54, 1.807) is 6.20 Å². The van der Waals surface area contributed by atoms with Crippen molar-refractivity contribution in [1.82, 2.24) is 9.97 Å². The van der Waals surface area contributed by atoms with Crippen LogP contribution in [0.25, 0.3) is 0 Å². The van der Waals surface area contributed by atoms with E-state index >= 15 is 0 Å². The van der Waals surface area contributed by atoms with Crippen molar-refractivity contribution in [3.05, 3.63) is 51.8 Å². The van der Waals surface area contributed by atoms with Gasteiger partial charge in [0.25, 0.3) is 0 Å². The third-order valence-electron chi connectivity index (χ3n) is 2.54. The van der Waals surface area contributed by atoms with E-state index < -0.39 is 0 Å². The van der Waals surface area contributed by atoms with Crippen LogP contribution in [0.5, 0.6) is 6.01 Å². The predicted octanol–water partition coefficient (Wildman–Crippen LogP) is 2.59. The fraction of sp³-hybridized carbons (Fsp3) is 0.231. The summed E-state index contributed by atoms with van der Waals surface area (Å²) >= 11 is 3.42. The van der Waals surface area contributed by atoms with Crippen LogP contribution in [0.3, 0.4) is 0 Å². The van der Waals surface area contributed by atoms with E-state index in [-0.39, 0.29) is 0 Å². The van der Waals surface area contributed by atoms with E-state index in [0.717, 1.165) is 21.3 Å². The quantitative estimate of drug-likeness (QED) is 0.943. The maximum absolute atomic E-state index is 5.56. The number of rotatable bonds is 4. The lowest BCUT2D eigenvalue weighted by atomic mass is 10.2. The van der Waals surface area contributed by atoms with Gasteiger partial charge in [-0.2, -0.15) is 0 Å². The fourth-order valence-electron chi connectivity index (χ4n) is 1.52. The predicted molar refractivity (Wildman–Crippen MR) is 73.1 cm³/mol. The second-order valence-electron chi connectivity index (χ2n) is 3.89. The molecule has 1 aromatic heterocycles. The van der Waals surface area contributed by atoms with Crippen LogP contribution in [0.1, 0.15) is 16.8 Å². The second kappa shape index (κ2) is 5.93. The average Bonchev–Trinajstić information content (AvgIpc) is 2.37. The molecule has 0 spiro atoms. The summed E-state index contributed by atoms with van der Waals surface area (Å²) in [6, 6.07) is 8.31. The summed E-state index contributed by atoms with van der Waals surface area (Å²) in [4.78, 5) is 8.38. The van der Waals surface area contributed by atoms with Gasteiger partial charge in [-0.3, -0.25) is 0 Å². The van der Waals surface area contributed by atoms with Gasteiger partial charge in [-0.1, -0.05) is 28.1 Å². The van der Waals surface area contributed by atoms with Crippen molar-refractivity contribution in [3.8, 4) is 6.01 Å². The average molecular weight is 308 g/mol. The molecule has 0 amide bonds. The molecule has 18 heavy (non-hydrogen) atoms. The molecule has 2 aromatic rings. The zero-order chi connectivity index (χ0) is 13.0. The van der Waals surface area contributed by atoms with Crippen molar-refractivity contribution < 1.29 is 4.74 Å². The van der Waals surface area contributed by atoms with Gasteiger partial charge >= 0.3 is 6.01 Å². The Kier molecular flexibility index (Phi) is 4.28. The molecule has 0 aliphatic carbocycles. The molecule has 0 atom stereocenters. The first-order chi connectivity index (χ1) is 8.69. The summed E-state index contributed by atoms with van der Waals surface area (Å²) in [6.45, 7) is 2.79. The first-order valence-corrected chi connectivity index (χ1v) is 6.38. The molecule has 0 saturated heterocycles. The van der Waals surface area contributed by atoms with Gasteiger partial charge in [0.05, 0.1) is 0 Å². The van der Waals surface area contributed by atoms with Crippen LogP contribution >= 0.6 is 15.9 Å². The maximum Gasteiger partial charge on any atom is 0.316 e. The Morgan fingerprint density at radius 2 is 2.22 bits per heavy atom. The van der Waals surface area contributed by atoms with Gasteiger partial charge in [-0.05, 0) is 24.6 Å². The number of hydrogen-bond acceptors (Lipinski definition) is 4. The second-order valence-corrected chi connectivity index (χ2v) is 4.80. The molecule has 0 unspecified atom stereocenters. The molecule has 2 rings (SSSR count). The van der Waals surface area contributed by atoms with E-state index in [2.05, 4.69) is 25.9 Å². The van der Waals surface area contributed by atoms with E-state index in [9.17, 15) is 0 Å².